The third kappa shape index (κ3) is 4.49. The maximum absolute atomic E-state index is 12.0. The number of rotatable bonds is 6. The van der Waals surface area contributed by atoms with E-state index in [1.807, 2.05) is 4.90 Å². The van der Waals surface area contributed by atoms with Crippen LogP contribution in [0.25, 0.3) is 0 Å². The van der Waals surface area contributed by atoms with E-state index in [9.17, 15) is 9.59 Å². The molecule has 19 heavy (non-hydrogen) atoms. The van der Waals surface area contributed by atoms with Gasteiger partial charge in [-0.15, -0.1) is 0 Å². The molecule has 2 amide bonds. The molecule has 0 spiro atoms. The molecule has 1 heterocycles. The fourth-order valence-corrected chi connectivity index (χ4v) is 2.54. The Bertz CT molecular complexity index is 329. The Morgan fingerprint density at radius 1 is 1.26 bits per heavy atom. The lowest BCUT2D eigenvalue weighted by Gasteiger charge is -2.32. The molecule has 1 aliphatic heterocycles. The van der Waals surface area contributed by atoms with Gasteiger partial charge in [-0.05, 0) is 44.6 Å². The summed E-state index contributed by atoms with van der Waals surface area (Å²) in [4.78, 5) is 25.8. The maximum Gasteiger partial charge on any atom is 0.224 e. The van der Waals surface area contributed by atoms with Gasteiger partial charge in [-0.25, -0.2) is 0 Å². The molecule has 1 aliphatic carbocycles. The number of hydrogen-bond acceptors (Lipinski definition) is 3. The minimum absolute atomic E-state index is 0.0191. The molecule has 0 radical (unpaired) electrons. The van der Waals surface area contributed by atoms with Gasteiger partial charge in [0.25, 0.3) is 0 Å². The third-order valence-corrected chi connectivity index (χ3v) is 4.00. The molecular weight excluding hydrogens is 242 g/mol. The van der Waals surface area contributed by atoms with Crippen LogP contribution >= 0.6 is 0 Å². The van der Waals surface area contributed by atoms with E-state index in [1.54, 1.807) is 0 Å². The van der Waals surface area contributed by atoms with Crippen LogP contribution < -0.4 is 11.1 Å². The summed E-state index contributed by atoms with van der Waals surface area (Å²) in [6, 6.07) is 0. The van der Waals surface area contributed by atoms with Crippen LogP contribution in [0.5, 0.6) is 0 Å². The first-order valence-electron chi connectivity index (χ1n) is 7.46. The van der Waals surface area contributed by atoms with E-state index in [1.165, 1.54) is 12.8 Å². The molecular formula is C14H25N3O2. The normalized spacial score (nSPS) is 23.2. The second kappa shape index (κ2) is 6.89. The van der Waals surface area contributed by atoms with Crippen LogP contribution in [0.3, 0.4) is 0 Å². The van der Waals surface area contributed by atoms with Gasteiger partial charge in [0, 0.05) is 26.1 Å². The third-order valence-electron chi connectivity index (χ3n) is 4.00. The predicted octanol–water partition coefficient (Wildman–Crippen LogP) is 0.490. The highest BCUT2D eigenvalue weighted by Gasteiger charge is 2.29. The molecule has 0 aromatic rings. The van der Waals surface area contributed by atoms with E-state index in [-0.39, 0.29) is 17.7 Å². The van der Waals surface area contributed by atoms with Crippen LogP contribution in [0.1, 0.15) is 38.5 Å². The number of hydrogen-bond donors (Lipinski definition) is 2. The molecule has 5 heteroatoms. The van der Waals surface area contributed by atoms with Crippen LogP contribution in [0.4, 0.5) is 0 Å². The first kappa shape index (κ1) is 14.3. The zero-order valence-electron chi connectivity index (χ0n) is 11.6. The Morgan fingerprint density at radius 3 is 2.74 bits per heavy atom. The van der Waals surface area contributed by atoms with Crippen LogP contribution in [0.15, 0.2) is 0 Å². The smallest absolute Gasteiger partial charge is 0.224 e. The summed E-state index contributed by atoms with van der Waals surface area (Å²) >= 11 is 0. The molecule has 0 bridgehead atoms. The van der Waals surface area contributed by atoms with Crippen molar-refractivity contribution in [2.24, 2.45) is 17.6 Å². The number of piperidine rings is 1. The van der Waals surface area contributed by atoms with E-state index in [0.29, 0.717) is 25.4 Å². The summed E-state index contributed by atoms with van der Waals surface area (Å²) in [5.74, 6) is 0.956. The number of nitrogens with zero attached hydrogens (tertiary/aromatic N) is 1. The second-order valence-electron chi connectivity index (χ2n) is 5.76. The Labute approximate surface area is 114 Å². The van der Waals surface area contributed by atoms with E-state index in [4.69, 9.17) is 5.73 Å². The van der Waals surface area contributed by atoms with Crippen molar-refractivity contribution in [3.63, 3.8) is 0 Å². The fourth-order valence-electron chi connectivity index (χ4n) is 2.54. The number of amides is 2. The lowest BCUT2D eigenvalue weighted by Crippen LogP contribution is -2.45. The first-order valence-corrected chi connectivity index (χ1v) is 7.46. The Hall–Kier alpha value is -1.10. The van der Waals surface area contributed by atoms with Gasteiger partial charge in [0.2, 0.25) is 11.8 Å². The molecule has 1 saturated heterocycles. The summed E-state index contributed by atoms with van der Waals surface area (Å²) in [6.07, 6.45) is 5.55. The van der Waals surface area contributed by atoms with Crippen molar-refractivity contribution in [2.45, 2.75) is 38.5 Å². The minimum Gasteiger partial charge on any atom is -0.356 e. The van der Waals surface area contributed by atoms with Gasteiger partial charge in [0.1, 0.15) is 0 Å². The quantitative estimate of drug-likeness (QED) is 0.735. The van der Waals surface area contributed by atoms with E-state index in [2.05, 4.69) is 5.32 Å². The van der Waals surface area contributed by atoms with Crippen molar-refractivity contribution >= 4 is 11.8 Å². The van der Waals surface area contributed by atoms with E-state index in [0.717, 1.165) is 32.4 Å². The van der Waals surface area contributed by atoms with Crippen LogP contribution in [-0.2, 0) is 9.59 Å². The van der Waals surface area contributed by atoms with Crippen molar-refractivity contribution in [1.82, 2.24) is 10.2 Å². The SMILES string of the molecule is NCCCC(=O)N1CCCC(C(=O)NCC2CC2)C1. The van der Waals surface area contributed by atoms with E-state index < -0.39 is 0 Å². The number of carbonyl (C=O) groups is 2. The van der Waals surface area contributed by atoms with Crippen LogP contribution in [0.2, 0.25) is 0 Å². The average Bonchev–Trinajstić information content (AvgIpc) is 3.26. The fraction of sp³-hybridized carbons (Fsp3) is 0.857. The molecule has 2 aliphatic rings. The highest BCUT2D eigenvalue weighted by molar-refractivity contribution is 5.81. The summed E-state index contributed by atoms with van der Waals surface area (Å²) in [7, 11) is 0. The Balaban J connectivity index is 1.75. The molecule has 108 valence electrons. The topological polar surface area (TPSA) is 75.4 Å². The van der Waals surface area contributed by atoms with Crippen LogP contribution in [0, 0.1) is 11.8 Å². The summed E-state index contributed by atoms with van der Waals surface area (Å²) < 4.78 is 0. The molecule has 3 N–H and O–H groups in total. The van der Waals surface area contributed by atoms with Gasteiger partial charge < -0.3 is 16.0 Å². The van der Waals surface area contributed by atoms with Crippen molar-refractivity contribution in [1.29, 1.82) is 0 Å². The standard InChI is InChI=1S/C14H25N3O2/c15-7-1-4-13(18)17-8-2-3-12(10-17)14(19)16-9-11-5-6-11/h11-12H,1-10,15H2,(H,16,19). The molecule has 1 saturated carbocycles. The molecule has 0 aromatic heterocycles. The predicted molar refractivity (Wildman–Crippen MR) is 73.3 cm³/mol. The van der Waals surface area contributed by atoms with Crippen molar-refractivity contribution in [2.75, 3.05) is 26.2 Å². The zero-order chi connectivity index (χ0) is 13.7. The number of nitrogens with two attached hydrogens (primary N) is 1. The summed E-state index contributed by atoms with van der Waals surface area (Å²) in [6.45, 7) is 2.73. The van der Waals surface area contributed by atoms with Crippen LogP contribution in [-0.4, -0.2) is 42.9 Å². The number of carbonyl (C=O) groups excluding carboxylic acids is 2. The lowest BCUT2D eigenvalue weighted by atomic mass is 9.96. The van der Waals surface area contributed by atoms with Gasteiger partial charge >= 0.3 is 0 Å². The highest BCUT2D eigenvalue weighted by Crippen LogP contribution is 2.28. The average molecular weight is 267 g/mol. The molecule has 1 atom stereocenters. The number of likely N-dealkylation sites (tertiary alicyclic amines) is 1. The Morgan fingerprint density at radius 2 is 2.05 bits per heavy atom. The highest BCUT2D eigenvalue weighted by atomic mass is 16.2. The molecule has 0 aromatic carbocycles. The monoisotopic (exact) mass is 267 g/mol. The van der Waals surface area contributed by atoms with Crippen molar-refractivity contribution < 1.29 is 9.59 Å². The lowest BCUT2D eigenvalue weighted by molar-refractivity contribution is -0.135. The van der Waals surface area contributed by atoms with Gasteiger partial charge in [-0.3, -0.25) is 9.59 Å². The summed E-state index contributed by atoms with van der Waals surface area (Å²) in [5, 5.41) is 3.02. The summed E-state index contributed by atoms with van der Waals surface area (Å²) in [5.41, 5.74) is 5.42. The molecule has 2 fully saturated rings. The molecule has 5 nitrogen and oxygen atoms in total. The first-order chi connectivity index (χ1) is 9.20. The number of nitrogens with one attached hydrogen (secondary N) is 1. The zero-order valence-corrected chi connectivity index (χ0v) is 11.6. The molecule has 1 unspecified atom stereocenters. The molecule has 2 rings (SSSR count). The Kier molecular flexibility index (Phi) is 5.19. The second-order valence-corrected chi connectivity index (χ2v) is 5.76. The largest absolute Gasteiger partial charge is 0.356 e. The van der Waals surface area contributed by atoms with Gasteiger partial charge in [-0.2, -0.15) is 0 Å². The maximum atomic E-state index is 12.0. The minimum atomic E-state index is -0.0191. The van der Waals surface area contributed by atoms with Crippen molar-refractivity contribution in [3.8, 4) is 0 Å². The van der Waals surface area contributed by atoms with Crippen molar-refractivity contribution in [3.05, 3.63) is 0 Å². The van der Waals surface area contributed by atoms with E-state index >= 15 is 0 Å². The van der Waals surface area contributed by atoms with Gasteiger partial charge in [-0.1, -0.05) is 0 Å². The van der Waals surface area contributed by atoms with Gasteiger partial charge in [0.15, 0.2) is 0 Å². The van der Waals surface area contributed by atoms with Gasteiger partial charge in [0.05, 0.1) is 5.92 Å².